The van der Waals surface area contributed by atoms with Crippen LogP contribution in [0.3, 0.4) is 0 Å². The molecule has 0 bridgehead atoms. The Morgan fingerprint density at radius 2 is 2.13 bits per heavy atom. The van der Waals surface area contributed by atoms with Crippen molar-refractivity contribution in [3.05, 3.63) is 16.1 Å². The van der Waals surface area contributed by atoms with E-state index in [2.05, 4.69) is 15.9 Å². The molecule has 15 heavy (non-hydrogen) atoms. The van der Waals surface area contributed by atoms with Crippen molar-refractivity contribution in [1.29, 1.82) is 0 Å². The summed E-state index contributed by atoms with van der Waals surface area (Å²) in [7, 11) is 0. The van der Waals surface area contributed by atoms with Gasteiger partial charge in [0.05, 0.1) is 10.0 Å². The average Bonchev–Trinajstić information content (AvgIpc) is 2.50. The van der Waals surface area contributed by atoms with Crippen molar-refractivity contribution >= 4 is 15.9 Å². The molecule has 1 aromatic rings. The van der Waals surface area contributed by atoms with E-state index in [9.17, 15) is 5.11 Å². The molecular formula is C10H12BrNO3. The van der Waals surface area contributed by atoms with Crippen molar-refractivity contribution < 1.29 is 14.6 Å². The Balaban J connectivity index is 2.71. The van der Waals surface area contributed by atoms with E-state index in [0.29, 0.717) is 21.5 Å². The maximum Gasteiger partial charge on any atom is 0.231 e. The van der Waals surface area contributed by atoms with E-state index in [-0.39, 0.29) is 12.5 Å². The number of rotatable bonds is 1. The number of ether oxygens (including phenoxy) is 2. The van der Waals surface area contributed by atoms with E-state index in [0.717, 1.165) is 0 Å². The van der Waals surface area contributed by atoms with Gasteiger partial charge >= 0.3 is 0 Å². The Morgan fingerprint density at radius 1 is 1.47 bits per heavy atom. The Hall–Kier alpha value is -0.940. The number of hydrogen-bond acceptors (Lipinski definition) is 4. The second kappa shape index (κ2) is 3.28. The van der Waals surface area contributed by atoms with Crippen LogP contribution < -0.4 is 15.2 Å². The first-order chi connectivity index (χ1) is 6.91. The lowest BCUT2D eigenvalue weighted by Crippen LogP contribution is -2.29. The molecule has 4 nitrogen and oxygen atoms in total. The van der Waals surface area contributed by atoms with Crippen LogP contribution in [0.25, 0.3) is 0 Å². The molecule has 0 unspecified atom stereocenters. The first kappa shape index (κ1) is 10.6. The number of phenolic OH excluding ortho intramolecular Hbond substituents is 1. The van der Waals surface area contributed by atoms with Crippen LogP contribution in [0.1, 0.15) is 19.4 Å². The van der Waals surface area contributed by atoms with Crippen LogP contribution in [0.4, 0.5) is 0 Å². The Labute approximate surface area is 96.1 Å². The summed E-state index contributed by atoms with van der Waals surface area (Å²) in [5.74, 6) is 1.24. The third-order valence-corrected chi connectivity index (χ3v) is 2.84. The van der Waals surface area contributed by atoms with Gasteiger partial charge in [-0.1, -0.05) is 0 Å². The fraction of sp³-hybridized carbons (Fsp3) is 0.400. The van der Waals surface area contributed by atoms with Crippen molar-refractivity contribution in [2.45, 2.75) is 19.4 Å². The zero-order chi connectivity index (χ0) is 11.2. The van der Waals surface area contributed by atoms with E-state index in [1.54, 1.807) is 19.9 Å². The van der Waals surface area contributed by atoms with Gasteiger partial charge in [-0.3, -0.25) is 0 Å². The van der Waals surface area contributed by atoms with Crippen molar-refractivity contribution in [3.8, 4) is 17.2 Å². The summed E-state index contributed by atoms with van der Waals surface area (Å²) in [5.41, 5.74) is 5.85. The fourth-order valence-electron chi connectivity index (χ4n) is 1.60. The fourth-order valence-corrected chi connectivity index (χ4v) is 2.01. The van der Waals surface area contributed by atoms with Gasteiger partial charge in [-0.05, 0) is 29.8 Å². The predicted octanol–water partition coefficient (Wildman–Crippen LogP) is 2.08. The first-order valence-electron chi connectivity index (χ1n) is 4.51. The molecule has 82 valence electrons. The number of nitrogens with two attached hydrogens (primary N) is 1. The van der Waals surface area contributed by atoms with Gasteiger partial charge in [-0.25, -0.2) is 0 Å². The molecule has 1 heterocycles. The van der Waals surface area contributed by atoms with Gasteiger partial charge in [0.1, 0.15) is 5.75 Å². The van der Waals surface area contributed by atoms with Gasteiger partial charge in [0.2, 0.25) is 6.79 Å². The lowest BCUT2D eigenvalue weighted by Gasteiger charge is -2.22. The second-order valence-electron chi connectivity index (χ2n) is 4.04. The predicted molar refractivity (Wildman–Crippen MR) is 59.1 cm³/mol. The maximum atomic E-state index is 9.93. The summed E-state index contributed by atoms with van der Waals surface area (Å²) in [4.78, 5) is 0. The Bertz CT molecular complexity index is 412. The van der Waals surface area contributed by atoms with Crippen molar-refractivity contribution in [2.24, 2.45) is 5.73 Å². The van der Waals surface area contributed by atoms with Gasteiger partial charge < -0.3 is 20.3 Å². The highest BCUT2D eigenvalue weighted by atomic mass is 79.9. The zero-order valence-electron chi connectivity index (χ0n) is 8.50. The molecule has 0 saturated carbocycles. The van der Waals surface area contributed by atoms with E-state index < -0.39 is 5.54 Å². The maximum absolute atomic E-state index is 9.93. The largest absolute Gasteiger partial charge is 0.506 e. The minimum absolute atomic E-state index is 0.103. The highest BCUT2D eigenvalue weighted by Crippen LogP contribution is 2.48. The molecule has 0 radical (unpaired) electrons. The molecular weight excluding hydrogens is 262 g/mol. The van der Waals surface area contributed by atoms with E-state index in [1.807, 2.05) is 0 Å². The molecule has 1 aliphatic rings. The van der Waals surface area contributed by atoms with Crippen molar-refractivity contribution in [2.75, 3.05) is 6.79 Å². The zero-order valence-corrected chi connectivity index (χ0v) is 10.1. The summed E-state index contributed by atoms with van der Waals surface area (Å²) in [5, 5.41) is 9.93. The number of benzene rings is 1. The summed E-state index contributed by atoms with van der Waals surface area (Å²) in [6.45, 7) is 3.77. The third-order valence-electron chi connectivity index (χ3n) is 2.23. The minimum atomic E-state index is -0.689. The highest BCUT2D eigenvalue weighted by Gasteiger charge is 2.31. The van der Waals surface area contributed by atoms with Crippen LogP contribution in [0.15, 0.2) is 10.5 Å². The van der Waals surface area contributed by atoms with E-state index in [4.69, 9.17) is 15.2 Å². The number of aromatic hydroxyl groups is 1. The van der Waals surface area contributed by atoms with Crippen LogP contribution in [-0.2, 0) is 5.54 Å². The average molecular weight is 274 g/mol. The van der Waals surface area contributed by atoms with Gasteiger partial charge in [0, 0.05) is 11.6 Å². The molecule has 2 rings (SSSR count). The lowest BCUT2D eigenvalue weighted by molar-refractivity contribution is 0.172. The Kier molecular flexibility index (Phi) is 2.31. The third kappa shape index (κ3) is 1.66. The van der Waals surface area contributed by atoms with Gasteiger partial charge in [-0.15, -0.1) is 0 Å². The number of phenols is 1. The molecule has 0 atom stereocenters. The molecule has 3 N–H and O–H groups in total. The van der Waals surface area contributed by atoms with Crippen LogP contribution in [0.2, 0.25) is 0 Å². The summed E-state index contributed by atoms with van der Waals surface area (Å²) in [6, 6.07) is 1.67. The van der Waals surface area contributed by atoms with Crippen LogP contribution in [-0.4, -0.2) is 11.9 Å². The molecule has 5 heteroatoms. The quantitative estimate of drug-likeness (QED) is 0.822. The lowest BCUT2D eigenvalue weighted by atomic mass is 9.93. The molecule has 0 aliphatic carbocycles. The molecule has 0 spiro atoms. The monoisotopic (exact) mass is 273 g/mol. The molecule has 1 aromatic carbocycles. The van der Waals surface area contributed by atoms with Gasteiger partial charge in [0.25, 0.3) is 0 Å². The standard InChI is InChI=1S/C10H12BrNO3/c1-10(2,12)7-8(13)5(11)3-6-9(7)15-4-14-6/h3,13H,4,12H2,1-2H3. The van der Waals surface area contributed by atoms with Crippen LogP contribution in [0, 0.1) is 0 Å². The molecule has 0 amide bonds. The molecule has 1 aliphatic heterocycles. The number of halogens is 1. The molecule has 0 aromatic heterocycles. The van der Waals surface area contributed by atoms with Gasteiger partial charge in [0.15, 0.2) is 11.5 Å². The normalized spacial score (nSPS) is 14.4. The minimum Gasteiger partial charge on any atom is -0.506 e. The summed E-state index contributed by atoms with van der Waals surface area (Å²) < 4.78 is 11.1. The first-order valence-corrected chi connectivity index (χ1v) is 5.31. The SMILES string of the molecule is CC(C)(N)c1c(O)c(Br)cc2c1OCO2. The van der Waals surface area contributed by atoms with Crippen LogP contribution >= 0.6 is 15.9 Å². The van der Waals surface area contributed by atoms with E-state index >= 15 is 0 Å². The summed E-state index contributed by atoms with van der Waals surface area (Å²) in [6.07, 6.45) is 0. The highest BCUT2D eigenvalue weighted by molar-refractivity contribution is 9.10. The van der Waals surface area contributed by atoms with Gasteiger partial charge in [-0.2, -0.15) is 0 Å². The van der Waals surface area contributed by atoms with Crippen molar-refractivity contribution in [1.82, 2.24) is 0 Å². The topological polar surface area (TPSA) is 64.7 Å². The number of fused-ring (bicyclic) bond motifs is 1. The van der Waals surface area contributed by atoms with Crippen LogP contribution in [0.5, 0.6) is 17.2 Å². The second-order valence-corrected chi connectivity index (χ2v) is 4.89. The number of hydrogen-bond donors (Lipinski definition) is 2. The molecule has 0 fully saturated rings. The Morgan fingerprint density at radius 3 is 2.73 bits per heavy atom. The molecule has 0 saturated heterocycles. The van der Waals surface area contributed by atoms with E-state index in [1.165, 1.54) is 0 Å². The van der Waals surface area contributed by atoms with Crippen molar-refractivity contribution in [3.63, 3.8) is 0 Å². The smallest absolute Gasteiger partial charge is 0.231 e. The summed E-state index contributed by atoms with van der Waals surface area (Å²) >= 11 is 3.25.